The summed E-state index contributed by atoms with van der Waals surface area (Å²) in [6.45, 7) is 4.14. The molecule has 7 heteroatoms. The maximum atomic E-state index is 5.95. The van der Waals surface area contributed by atoms with Crippen molar-refractivity contribution in [3.63, 3.8) is 0 Å². The first-order valence-corrected chi connectivity index (χ1v) is 10.7. The lowest BCUT2D eigenvalue weighted by atomic mass is 10.1. The molecule has 1 atom stereocenters. The van der Waals surface area contributed by atoms with E-state index in [4.69, 9.17) is 4.42 Å². The van der Waals surface area contributed by atoms with Gasteiger partial charge in [0.2, 0.25) is 11.8 Å². The third kappa shape index (κ3) is 3.04. The number of nitrogens with zero attached hydrogens (tertiary/aromatic N) is 4. The molecular formula is C20H18N4OS2. The summed E-state index contributed by atoms with van der Waals surface area (Å²) in [7, 11) is 0. The highest BCUT2D eigenvalue weighted by Crippen LogP contribution is 2.43. The Hall–Kier alpha value is -2.25. The molecule has 5 rings (SSSR count). The minimum atomic E-state index is 0.0201. The van der Waals surface area contributed by atoms with Crippen molar-refractivity contribution in [3.05, 3.63) is 52.5 Å². The molecule has 4 aromatic rings. The van der Waals surface area contributed by atoms with Crippen LogP contribution in [0.15, 0.2) is 40.0 Å². The minimum Gasteiger partial charge on any atom is -0.419 e. The molecule has 0 bridgehead atoms. The first-order chi connectivity index (χ1) is 13.2. The van der Waals surface area contributed by atoms with Crippen molar-refractivity contribution < 1.29 is 4.42 Å². The third-order valence-corrected chi connectivity index (χ3v) is 7.13. The molecule has 0 spiro atoms. The second-order valence-corrected chi connectivity index (χ2v) is 9.20. The average Bonchev–Trinajstić information content (AvgIpc) is 3.38. The van der Waals surface area contributed by atoms with Crippen molar-refractivity contribution in [1.29, 1.82) is 0 Å². The Morgan fingerprint density at radius 2 is 1.96 bits per heavy atom. The van der Waals surface area contributed by atoms with Crippen molar-refractivity contribution >= 4 is 33.3 Å². The summed E-state index contributed by atoms with van der Waals surface area (Å²) in [4.78, 5) is 11.6. The highest BCUT2D eigenvalue weighted by molar-refractivity contribution is 7.99. The second-order valence-electron chi connectivity index (χ2n) is 6.79. The standard InChI is InChI=1S/C20H18N4OS2/c1-11-6-8-13(9-7-11)18-24-23-17(25-18)12(2)26-19-16-14-4-3-5-15(14)27-20(16)22-10-21-19/h6-10,12H,3-5H2,1-2H3. The summed E-state index contributed by atoms with van der Waals surface area (Å²) in [5.41, 5.74) is 3.59. The number of thioether (sulfide) groups is 1. The number of benzene rings is 1. The molecule has 0 aliphatic heterocycles. The lowest BCUT2D eigenvalue weighted by molar-refractivity contribution is 0.509. The second kappa shape index (κ2) is 6.73. The van der Waals surface area contributed by atoms with Gasteiger partial charge in [0.25, 0.3) is 0 Å². The van der Waals surface area contributed by atoms with Gasteiger partial charge in [-0.3, -0.25) is 0 Å². The molecule has 0 fully saturated rings. The number of fused-ring (bicyclic) bond motifs is 3. The first-order valence-electron chi connectivity index (χ1n) is 9.01. The van der Waals surface area contributed by atoms with Gasteiger partial charge in [0, 0.05) is 15.8 Å². The van der Waals surface area contributed by atoms with Gasteiger partial charge in [-0.2, -0.15) is 0 Å². The van der Waals surface area contributed by atoms with Crippen molar-refractivity contribution in [2.24, 2.45) is 0 Å². The number of hydrogen-bond donors (Lipinski definition) is 0. The molecule has 1 unspecified atom stereocenters. The maximum absolute atomic E-state index is 5.95. The van der Waals surface area contributed by atoms with E-state index in [1.54, 1.807) is 18.1 Å². The van der Waals surface area contributed by atoms with Gasteiger partial charge < -0.3 is 4.42 Å². The fourth-order valence-corrected chi connectivity index (χ4v) is 5.69. The van der Waals surface area contributed by atoms with E-state index in [9.17, 15) is 0 Å². The number of aryl methyl sites for hydroxylation is 3. The predicted octanol–water partition coefficient (Wildman–Crippen LogP) is 5.39. The fourth-order valence-electron chi connectivity index (χ4n) is 3.42. The van der Waals surface area contributed by atoms with Gasteiger partial charge in [-0.05, 0) is 50.8 Å². The zero-order chi connectivity index (χ0) is 18.4. The number of rotatable bonds is 4. The van der Waals surface area contributed by atoms with Gasteiger partial charge in [-0.1, -0.05) is 29.5 Å². The molecule has 0 N–H and O–H groups in total. The van der Waals surface area contributed by atoms with Gasteiger partial charge >= 0.3 is 0 Å². The molecule has 3 aromatic heterocycles. The molecule has 136 valence electrons. The fraction of sp³-hybridized carbons (Fsp3) is 0.300. The quantitative estimate of drug-likeness (QED) is 0.341. The summed E-state index contributed by atoms with van der Waals surface area (Å²) >= 11 is 3.48. The molecule has 1 aliphatic carbocycles. The Labute approximate surface area is 165 Å². The predicted molar refractivity (Wildman–Crippen MR) is 108 cm³/mol. The molecule has 5 nitrogen and oxygen atoms in total. The van der Waals surface area contributed by atoms with E-state index in [0.717, 1.165) is 21.8 Å². The van der Waals surface area contributed by atoms with E-state index in [-0.39, 0.29) is 5.25 Å². The maximum Gasteiger partial charge on any atom is 0.247 e. The Morgan fingerprint density at radius 3 is 2.81 bits per heavy atom. The van der Waals surface area contributed by atoms with Gasteiger partial charge in [-0.15, -0.1) is 21.5 Å². The molecule has 1 aliphatic rings. The van der Waals surface area contributed by atoms with E-state index in [1.165, 1.54) is 34.2 Å². The molecule has 27 heavy (non-hydrogen) atoms. The summed E-state index contributed by atoms with van der Waals surface area (Å²) in [5, 5.41) is 10.8. The van der Waals surface area contributed by atoms with Crippen LogP contribution in [0, 0.1) is 6.92 Å². The van der Waals surface area contributed by atoms with Gasteiger partial charge in [0.1, 0.15) is 16.2 Å². The van der Waals surface area contributed by atoms with Crippen molar-refractivity contribution in [2.75, 3.05) is 0 Å². The van der Waals surface area contributed by atoms with Crippen LogP contribution in [0.1, 0.15) is 40.5 Å². The van der Waals surface area contributed by atoms with Crippen LogP contribution in [0.2, 0.25) is 0 Å². The summed E-state index contributed by atoms with van der Waals surface area (Å²) < 4.78 is 5.95. The number of thiophene rings is 1. The number of hydrogen-bond acceptors (Lipinski definition) is 7. The molecule has 3 heterocycles. The monoisotopic (exact) mass is 394 g/mol. The highest BCUT2D eigenvalue weighted by Gasteiger charge is 2.24. The van der Waals surface area contributed by atoms with Crippen LogP contribution in [0.3, 0.4) is 0 Å². The van der Waals surface area contributed by atoms with E-state index in [2.05, 4.69) is 34.0 Å². The van der Waals surface area contributed by atoms with Crippen LogP contribution < -0.4 is 0 Å². The molecule has 0 radical (unpaired) electrons. The Morgan fingerprint density at radius 1 is 1.11 bits per heavy atom. The summed E-state index contributed by atoms with van der Waals surface area (Å²) in [5.74, 6) is 1.18. The van der Waals surface area contributed by atoms with Crippen molar-refractivity contribution in [2.45, 2.75) is 43.4 Å². The number of aromatic nitrogens is 4. The smallest absolute Gasteiger partial charge is 0.247 e. The van der Waals surface area contributed by atoms with E-state index in [1.807, 2.05) is 35.6 Å². The topological polar surface area (TPSA) is 64.7 Å². The SMILES string of the molecule is Cc1ccc(-c2nnc(C(C)Sc3ncnc4sc5c(c34)CCC5)o2)cc1. The lowest BCUT2D eigenvalue weighted by Crippen LogP contribution is -1.92. The molecule has 0 amide bonds. The van der Waals surface area contributed by atoms with E-state index in [0.29, 0.717) is 11.8 Å². The first kappa shape index (κ1) is 16.9. The van der Waals surface area contributed by atoms with Crippen molar-refractivity contribution in [1.82, 2.24) is 20.2 Å². The van der Waals surface area contributed by atoms with E-state index < -0.39 is 0 Å². The Bertz CT molecular complexity index is 1120. The Balaban J connectivity index is 1.44. The molecule has 1 aromatic carbocycles. The lowest BCUT2D eigenvalue weighted by Gasteiger charge is -2.07. The molecular weight excluding hydrogens is 376 g/mol. The third-order valence-electron chi connectivity index (χ3n) is 4.84. The van der Waals surface area contributed by atoms with Crippen LogP contribution in [0.4, 0.5) is 0 Å². The average molecular weight is 395 g/mol. The van der Waals surface area contributed by atoms with Crippen LogP contribution in [0.5, 0.6) is 0 Å². The van der Waals surface area contributed by atoms with E-state index >= 15 is 0 Å². The molecule has 0 saturated heterocycles. The van der Waals surface area contributed by atoms with Crippen LogP contribution in [0.25, 0.3) is 21.7 Å². The highest BCUT2D eigenvalue weighted by atomic mass is 32.2. The van der Waals surface area contributed by atoms with Crippen LogP contribution >= 0.6 is 23.1 Å². The normalized spacial score (nSPS) is 14.6. The Kier molecular flexibility index (Phi) is 4.21. The summed E-state index contributed by atoms with van der Waals surface area (Å²) in [6, 6.07) is 8.11. The molecule has 0 saturated carbocycles. The van der Waals surface area contributed by atoms with Crippen molar-refractivity contribution in [3.8, 4) is 11.5 Å². The van der Waals surface area contributed by atoms with Gasteiger partial charge in [0.15, 0.2) is 0 Å². The minimum absolute atomic E-state index is 0.0201. The largest absolute Gasteiger partial charge is 0.419 e. The van der Waals surface area contributed by atoms with Gasteiger partial charge in [0.05, 0.1) is 5.25 Å². The zero-order valence-corrected chi connectivity index (χ0v) is 16.7. The summed E-state index contributed by atoms with van der Waals surface area (Å²) in [6.07, 6.45) is 5.19. The van der Waals surface area contributed by atoms with Crippen LogP contribution in [-0.2, 0) is 12.8 Å². The van der Waals surface area contributed by atoms with Gasteiger partial charge in [-0.25, -0.2) is 9.97 Å². The van der Waals surface area contributed by atoms with Crippen LogP contribution in [-0.4, -0.2) is 20.2 Å². The zero-order valence-electron chi connectivity index (χ0n) is 15.1.